The van der Waals surface area contributed by atoms with Gasteiger partial charge in [-0.1, -0.05) is 45.0 Å². The second-order valence-electron chi connectivity index (χ2n) is 13.7. The van der Waals surface area contributed by atoms with Crippen molar-refractivity contribution in [3.05, 3.63) is 87.4 Å². The molecule has 49 heavy (non-hydrogen) atoms. The van der Waals surface area contributed by atoms with Gasteiger partial charge in [-0.2, -0.15) is 4.31 Å². The highest BCUT2D eigenvalue weighted by Crippen LogP contribution is 2.35. The molecule has 1 aromatic carbocycles. The Morgan fingerprint density at radius 1 is 0.959 bits per heavy atom. The first-order chi connectivity index (χ1) is 23.1. The lowest BCUT2D eigenvalue weighted by Crippen LogP contribution is -2.59. The third kappa shape index (κ3) is 7.97. The van der Waals surface area contributed by atoms with Gasteiger partial charge in [-0.25, -0.2) is 30.4 Å². The molecule has 2 aliphatic rings. The van der Waals surface area contributed by atoms with E-state index in [4.69, 9.17) is 4.74 Å². The minimum absolute atomic E-state index is 0.0295. The third-order valence-corrected chi connectivity index (χ3v) is 12.7. The summed E-state index contributed by atoms with van der Waals surface area (Å²) in [6.45, 7) is 6.39. The predicted octanol–water partition coefficient (Wildman–Crippen LogP) is 6.30. The molecule has 2 fully saturated rings. The number of ether oxygens (including phenoxy) is 1. The molecule has 0 N–H and O–H groups in total. The van der Waals surface area contributed by atoms with Crippen molar-refractivity contribution < 1.29 is 39.9 Å². The molecule has 0 spiro atoms. The van der Waals surface area contributed by atoms with Crippen LogP contribution in [0.5, 0.6) is 0 Å². The summed E-state index contributed by atoms with van der Waals surface area (Å²) in [4.78, 5) is 30.8. The molecule has 3 aromatic rings. The van der Waals surface area contributed by atoms with E-state index in [9.17, 15) is 40.0 Å². The number of nitrogens with zero attached hydrogens (tertiary/aromatic N) is 4. The number of aromatic nitrogens is 2. The monoisotopic (exact) mass is 726 g/mol. The predicted molar refractivity (Wildman–Crippen MR) is 175 cm³/mol. The number of hydrogen-bond donors (Lipinski definition) is 0. The number of halogens is 5. The van der Waals surface area contributed by atoms with Gasteiger partial charge < -0.3 is 9.64 Å². The fraction of sp³-hybridized carbons (Fsp3) is 0.485. The van der Waals surface area contributed by atoms with Crippen molar-refractivity contribution in [2.45, 2.75) is 94.3 Å². The van der Waals surface area contributed by atoms with E-state index < -0.39 is 76.1 Å². The van der Waals surface area contributed by atoms with E-state index in [1.54, 1.807) is 12.3 Å². The van der Waals surface area contributed by atoms with E-state index in [0.717, 1.165) is 42.2 Å². The molecule has 5 rings (SSSR count). The lowest BCUT2D eigenvalue weighted by atomic mass is 9.85. The van der Waals surface area contributed by atoms with Crippen LogP contribution in [0.4, 0.5) is 27.6 Å². The SMILES string of the molecule is C[Si](C)(C)CCOCn1ccc(N(Cc2ccc(C3CCCCC3)cn2)C(=O)[C@H]2CCN2S(=O)(=O)c2c(F)c(F)c(F)c(F)c2F)cc1=O. The molecule has 2 aromatic heterocycles. The number of anilines is 1. The van der Waals surface area contributed by atoms with Crippen LogP contribution in [0.15, 0.2) is 46.3 Å². The Balaban J connectivity index is 1.44. The van der Waals surface area contributed by atoms with Gasteiger partial charge >= 0.3 is 0 Å². The van der Waals surface area contributed by atoms with E-state index in [0.29, 0.717) is 22.5 Å². The van der Waals surface area contributed by atoms with Crippen LogP contribution in [0, 0.1) is 29.1 Å². The van der Waals surface area contributed by atoms with Crippen molar-refractivity contribution in [2.75, 3.05) is 18.1 Å². The number of sulfonamides is 1. The van der Waals surface area contributed by atoms with Crippen LogP contribution < -0.4 is 10.5 Å². The number of carbonyl (C=O) groups excluding carboxylic acids is 1. The van der Waals surface area contributed by atoms with Crippen molar-refractivity contribution in [2.24, 2.45) is 0 Å². The van der Waals surface area contributed by atoms with E-state index in [1.807, 2.05) is 6.07 Å². The Morgan fingerprint density at radius 3 is 2.16 bits per heavy atom. The molecule has 1 aliphatic carbocycles. The molecule has 266 valence electrons. The first-order valence-corrected chi connectivity index (χ1v) is 21.3. The molecule has 1 aliphatic heterocycles. The lowest BCUT2D eigenvalue weighted by Gasteiger charge is -2.41. The smallest absolute Gasteiger partial charge is 0.254 e. The van der Waals surface area contributed by atoms with E-state index in [2.05, 4.69) is 24.6 Å². The summed E-state index contributed by atoms with van der Waals surface area (Å²) in [5.74, 6) is -12.9. The van der Waals surface area contributed by atoms with Gasteiger partial charge in [0, 0.05) is 39.7 Å². The summed E-state index contributed by atoms with van der Waals surface area (Å²) in [6.07, 6.45) is 8.55. The topological polar surface area (TPSA) is 102 Å². The molecule has 0 unspecified atom stereocenters. The van der Waals surface area contributed by atoms with Crippen molar-refractivity contribution in [1.29, 1.82) is 0 Å². The second-order valence-corrected chi connectivity index (χ2v) is 21.2. The largest absolute Gasteiger partial charge is 0.361 e. The van der Waals surface area contributed by atoms with Gasteiger partial charge in [0.2, 0.25) is 21.7 Å². The zero-order valence-electron chi connectivity index (χ0n) is 27.5. The van der Waals surface area contributed by atoms with Crippen LogP contribution in [-0.2, 0) is 32.8 Å². The molecular weight excluding hydrogens is 688 g/mol. The number of pyridine rings is 2. The van der Waals surface area contributed by atoms with E-state index in [1.165, 1.54) is 29.3 Å². The van der Waals surface area contributed by atoms with Crippen molar-refractivity contribution >= 4 is 29.7 Å². The standard InChI is InChI=1S/C33H39F5N4O5SSi/c1-49(2,3)16-15-47-20-40-13-11-24(17-26(40)43)41(19-23-10-9-22(18-39-23)21-7-5-4-6-8-21)33(44)25-12-14-42(25)48(45,46)32-30(37)28(35)27(34)29(36)31(32)38/h9-11,13,17-18,21,25H,4-8,12,14-16,19-20H2,1-3H3/t25-/m1/s1. The van der Waals surface area contributed by atoms with E-state index >= 15 is 0 Å². The van der Waals surface area contributed by atoms with Gasteiger partial charge in [0.15, 0.2) is 28.2 Å². The third-order valence-electron chi connectivity index (χ3n) is 9.02. The van der Waals surface area contributed by atoms with Crippen LogP contribution in [0.2, 0.25) is 25.7 Å². The summed E-state index contributed by atoms with van der Waals surface area (Å²) < 4.78 is 105. The summed E-state index contributed by atoms with van der Waals surface area (Å²) >= 11 is 0. The molecule has 16 heteroatoms. The van der Waals surface area contributed by atoms with Crippen LogP contribution in [0.1, 0.15) is 55.7 Å². The Bertz CT molecular complexity index is 1840. The molecule has 3 heterocycles. The van der Waals surface area contributed by atoms with Crippen LogP contribution >= 0.6 is 0 Å². The molecule has 1 atom stereocenters. The molecular formula is C33H39F5N4O5SSi. The highest BCUT2D eigenvalue weighted by Gasteiger charge is 2.48. The Hall–Kier alpha value is -3.47. The summed E-state index contributed by atoms with van der Waals surface area (Å²) in [5.41, 5.74) is 1.05. The molecule has 1 saturated carbocycles. The number of amides is 1. The normalized spacial score (nSPS) is 17.6. The zero-order chi connectivity index (χ0) is 35.7. The first-order valence-electron chi connectivity index (χ1n) is 16.2. The van der Waals surface area contributed by atoms with E-state index in [-0.39, 0.29) is 25.4 Å². The molecule has 9 nitrogen and oxygen atoms in total. The van der Waals surface area contributed by atoms with Gasteiger partial charge in [0.05, 0.1) is 17.9 Å². The second kappa shape index (κ2) is 14.8. The Kier molecular flexibility index (Phi) is 11.1. The first kappa shape index (κ1) is 36.8. The maximum atomic E-state index is 14.6. The van der Waals surface area contributed by atoms with Gasteiger partial charge in [-0.15, -0.1) is 0 Å². The Morgan fingerprint density at radius 2 is 1.61 bits per heavy atom. The van der Waals surface area contributed by atoms with Gasteiger partial charge in [-0.3, -0.25) is 19.1 Å². The van der Waals surface area contributed by atoms with Crippen LogP contribution in [0.3, 0.4) is 0 Å². The highest BCUT2D eigenvalue weighted by molar-refractivity contribution is 7.89. The minimum Gasteiger partial charge on any atom is -0.361 e. The Labute approximate surface area is 282 Å². The maximum absolute atomic E-state index is 14.6. The molecule has 1 saturated heterocycles. The summed E-state index contributed by atoms with van der Waals surface area (Å²) in [7, 11) is -6.74. The van der Waals surface area contributed by atoms with Crippen LogP contribution in [0.25, 0.3) is 0 Å². The number of rotatable bonds is 12. The van der Waals surface area contributed by atoms with Crippen molar-refractivity contribution in [1.82, 2.24) is 13.9 Å². The maximum Gasteiger partial charge on any atom is 0.254 e. The molecule has 1 amide bonds. The summed E-state index contributed by atoms with van der Waals surface area (Å²) in [6, 6.07) is 5.63. The van der Waals surface area contributed by atoms with Crippen molar-refractivity contribution in [3.8, 4) is 0 Å². The average Bonchev–Trinajstić information content (AvgIpc) is 3.03. The minimum atomic E-state index is -5.37. The zero-order valence-corrected chi connectivity index (χ0v) is 29.3. The van der Waals surface area contributed by atoms with Crippen LogP contribution in [-0.4, -0.2) is 55.4 Å². The number of hydrogen-bond acceptors (Lipinski definition) is 6. The highest BCUT2D eigenvalue weighted by atomic mass is 32.2. The fourth-order valence-electron chi connectivity index (χ4n) is 5.98. The summed E-state index contributed by atoms with van der Waals surface area (Å²) in [5, 5.41) is 0. The van der Waals surface area contributed by atoms with Gasteiger partial charge in [-0.05, 0) is 48.9 Å². The van der Waals surface area contributed by atoms with Crippen molar-refractivity contribution in [3.63, 3.8) is 0 Å². The lowest BCUT2D eigenvalue weighted by molar-refractivity contribution is -0.125. The molecule has 0 radical (unpaired) electrons. The quantitative estimate of drug-likeness (QED) is 0.0715. The fourth-order valence-corrected chi connectivity index (χ4v) is 8.48. The average molecular weight is 727 g/mol. The molecule has 0 bridgehead atoms. The van der Waals surface area contributed by atoms with Gasteiger partial charge in [0.1, 0.15) is 12.8 Å². The number of benzene rings is 1. The van der Waals surface area contributed by atoms with Gasteiger partial charge in [0.25, 0.3) is 5.56 Å². The number of carbonyl (C=O) groups is 1.